The van der Waals surface area contributed by atoms with Gasteiger partial charge in [-0.15, -0.1) is 6.58 Å². The van der Waals surface area contributed by atoms with Crippen LogP contribution in [-0.2, 0) is 4.79 Å². The van der Waals surface area contributed by atoms with Gasteiger partial charge in [0.05, 0.1) is 6.04 Å². The number of aromatic nitrogens is 1. The molecule has 0 aliphatic carbocycles. The molecule has 1 amide bonds. The van der Waals surface area contributed by atoms with Gasteiger partial charge in [-0.05, 0) is 25.3 Å². The van der Waals surface area contributed by atoms with Gasteiger partial charge in [0.1, 0.15) is 10.4 Å². The van der Waals surface area contributed by atoms with Crippen LogP contribution in [0.2, 0.25) is 0 Å². The van der Waals surface area contributed by atoms with E-state index in [0.717, 1.165) is 16.4 Å². The number of pyridine rings is 1. The first-order valence-electron chi connectivity index (χ1n) is 7.63. The van der Waals surface area contributed by atoms with Gasteiger partial charge >= 0.3 is 0 Å². The molecule has 23 heavy (non-hydrogen) atoms. The molecule has 3 unspecified atom stereocenters. The fourth-order valence-corrected chi connectivity index (χ4v) is 4.44. The molecule has 1 aliphatic rings. The van der Waals surface area contributed by atoms with E-state index in [1.54, 1.807) is 35.8 Å². The molecule has 1 aromatic rings. The number of hydrogen-bond donors (Lipinski definition) is 0. The molecule has 0 N–H and O–H groups in total. The van der Waals surface area contributed by atoms with Crippen LogP contribution in [0.3, 0.4) is 0 Å². The van der Waals surface area contributed by atoms with Gasteiger partial charge in [-0.25, -0.2) is 0 Å². The van der Waals surface area contributed by atoms with Crippen LogP contribution in [0.1, 0.15) is 19.4 Å². The lowest BCUT2D eigenvalue weighted by atomic mass is 10.1. The number of carbonyl (C=O) groups excluding carboxylic acids is 1. The maximum absolute atomic E-state index is 12.8. The second kappa shape index (κ2) is 8.55. The second-order valence-corrected chi connectivity index (χ2v) is 7.58. The zero-order valence-corrected chi connectivity index (χ0v) is 15.4. The lowest BCUT2D eigenvalue weighted by molar-refractivity contribution is -0.134. The van der Waals surface area contributed by atoms with Crippen molar-refractivity contribution in [2.75, 3.05) is 18.6 Å². The zero-order valence-electron chi connectivity index (χ0n) is 13.8. The van der Waals surface area contributed by atoms with Crippen molar-refractivity contribution in [2.45, 2.75) is 25.3 Å². The molecule has 0 bridgehead atoms. The number of thioether (sulfide) groups is 2. The largest absolute Gasteiger partial charge is 0.324 e. The fraction of sp³-hybridized carbons (Fsp3) is 0.471. The van der Waals surface area contributed by atoms with E-state index in [0.29, 0.717) is 6.54 Å². The van der Waals surface area contributed by atoms with Crippen molar-refractivity contribution in [1.29, 1.82) is 0 Å². The molecule has 1 aliphatic heterocycles. The smallest absolute Gasteiger partial charge is 0.227 e. The summed E-state index contributed by atoms with van der Waals surface area (Å²) in [5, 5.41) is 0.968. The average molecular weight is 350 g/mol. The molecule has 2 rings (SSSR count). The Morgan fingerprint density at radius 1 is 1.61 bits per heavy atom. The van der Waals surface area contributed by atoms with Gasteiger partial charge in [-0.1, -0.05) is 24.8 Å². The van der Waals surface area contributed by atoms with Gasteiger partial charge in [-0.3, -0.25) is 14.8 Å². The van der Waals surface area contributed by atoms with Gasteiger partial charge in [0.2, 0.25) is 5.91 Å². The van der Waals surface area contributed by atoms with Crippen LogP contribution in [-0.4, -0.2) is 50.8 Å². The molecule has 0 fully saturated rings. The molecule has 1 aromatic heterocycles. The Morgan fingerprint density at radius 2 is 2.39 bits per heavy atom. The zero-order chi connectivity index (χ0) is 16.8. The highest BCUT2D eigenvalue weighted by Gasteiger charge is 2.36. The molecule has 4 nitrogen and oxygen atoms in total. The highest BCUT2D eigenvalue weighted by molar-refractivity contribution is 8.15. The molecule has 3 atom stereocenters. The molecule has 0 aromatic carbocycles. The van der Waals surface area contributed by atoms with E-state index in [-0.39, 0.29) is 23.2 Å². The Bertz CT molecular complexity index is 576. The van der Waals surface area contributed by atoms with Gasteiger partial charge in [-0.2, -0.15) is 11.8 Å². The average Bonchev–Trinajstić information content (AvgIpc) is 2.94. The minimum atomic E-state index is 0.000178. The summed E-state index contributed by atoms with van der Waals surface area (Å²) in [5.74, 6) is 1.00. The van der Waals surface area contributed by atoms with E-state index < -0.39 is 0 Å². The predicted octanol–water partition coefficient (Wildman–Crippen LogP) is 3.30. The standard InChI is InChI=1S/C17H23N3OS2/c1-5-9-20(16(21)12(2)11-22-4)17-13(3)19-15(23-17)14-7-6-8-18-10-14/h5-8,10,12-13,17H,1,9,11H2,2-4H3. The van der Waals surface area contributed by atoms with E-state index in [1.807, 2.05) is 36.4 Å². The molecule has 0 radical (unpaired) electrons. The van der Waals surface area contributed by atoms with E-state index in [9.17, 15) is 4.79 Å². The van der Waals surface area contributed by atoms with E-state index in [1.165, 1.54) is 0 Å². The highest BCUT2D eigenvalue weighted by atomic mass is 32.2. The monoisotopic (exact) mass is 349 g/mol. The third-order valence-electron chi connectivity index (χ3n) is 3.63. The SMILES string of the molecule is C=CCN(C(=O)C(C)CSC)C1SC(c2cccnc2)=NC1C. The van der Waals surface area contributed by atoms with Gasteiger partial charge in [0.25, 0.3) is 0 Å². The van der Waals surface area contributed by atoms with Gasteiger partial charge in [0, 0.05) is 36.2 Å². The number of amides is 1. The summed E-state index contributed by atoms with van der Waals surface area (Å²) in [6, 6.07) is 3.97. The van der Waals surface area contributed by atoms with Gasteiger partial charge in [0.15, 0.2) is 0 Å². The van der Waals surface area contributed by atoms with Crippen molar-refractivity contribution >= 4 is 34.5 Å². The van der Waals surface area contributed by atoms with Crippen molar-refractivity contribution in [2.24, 2.45) is 10.9 Å². The molecule has 0 saturated heterocycles. The van der Waals surface area contributed by atoms with Crippen molar-refractivity contribution in [3.8, 4) is 0 Å². The second-order valence-electron chi connectivity index (χ2n) is 5.56. The summed E-state index contributed by atoms with van der Waals surface area (Å²) in [6.45, 7) is 8.40. The Labute approximate surface area is 146 Å². The third-order valence-corrected chi connectivity index (χ3v) is 5.92. The summed E-state index contributed by atoms with van der Waals surface area (Å²) in [4.78, 5) is 23.6. The molecule has 0 saturated carbocycles. The number of aliphatic imine (C=N–C) groups is 1. The van der Waals surface area contributed by atoms with E-state index in [4.69, 9.17) is 4.99 Å². The van der Waals surface area contributed by atoms with Crippen LogP contribution in [0.5, 0.6) is 0 Å². The molecular formula is C17H23N3OS2. The Morgan fingerprint density at radius 3 is 3.00 bits per heavy atom. The van der Waals surface area contributed by atoms with Crippen molar-refractivity contribution in [3.63, 3.8) is 0 Å². The molecule has 0 spiro atoms. The Balaban J connectivity index is 2.15. The topological polar surface area (TPSA) is 45.6 Å². The van der Waals surface area contributed by atoms with Crippen molar-refractivity contribution in [1.82, 2.24) is 9.88 Å². The molecule has 124 valence electrons. The maximum Gasteiger partial charge on any atom is 0.227 e. The summed E-state index contributed by atoms with van der Waals surface area (Å²) < 4.78 is 0. The maximum atomic E-state index is 12.8. The number of carbonyl (C=O) groups is 1. The molecular weight excluding hydrogens is 326 g/mol. The lowest BCUT2D eigenvalue weighted by Gasteiger charge is -2.31. The van der Waals surface area contributed by atoms with Crippen LogP contribution in [0.15, 0.2) is 42.2 Å². The van der Waals surface area contributed by atoms with Gasteiger partial charge < -0.3 is 4.90 Å². The van der Waals surface area contributed by atoms with Crippen LogP contribution < -0.4 is 0 Å². The van der Waals surface area contributed by atoms with Crippen LogP contribution in [0, 0.1) is 5.92 Å². The fourth-order valence-electron chi connectivity index (χ4n) is 2.51. The van der Waals surface area contributed by atoms with Crippen LogP contribution >= 0.6 is 23.5 Å². The quantitative estimate of drug-likeness (QED) is 0.709. The van der Waals surface area contributed by atoms with Crippen LogP contribution in [0.25, 0.3) is 0 Å². The van der Waals surface area contributed by atoms with Crippen molar-refractivity contribution < 1.29 is 4.79 Å². The summed E-state index contributed by atoms with van der Waals surface area (Å²) in [5.41, 5.74) is 1.01. The Kier molecular flexibility index (Phi) is 6.72. The summed E-state index contributed by atoms with van der Waals surface area (Å²) in [6.07, 6.45) is 7.39. The number of hydrogen-bond acceptors (Lipinski definition) is 5. The summed E-state index contributed by atoms with van der Waals surface area (Å²) in [7, 11) is 0. The van der Waals surface area contributed by atoms with E-state index in [2.05, 4.69) is 18.5 Å². The first-order valence-corrected chi connectivity index (χ1v) is 9.91. The first-order chi connectivity index (χ1) is 11.1. The molecule has 2 heterocycles. The summed E-state index contributed by atoms with van der Waals surface area (Å²) >= 11 is 3.34. The van der Waals surface area contributed by atoms with Crippen molar-refractivity contribution in [3.05, 3.63) is 42.7 Å². The minimum Gasteiger partial charge on any atom is -0.324 e. The number of rotatable bonds is 7. The molecule has 6 heteroatoms. The third kappa shape index (κ3) is 4.38. The van der Waals surface area contributed by atoms with Crippen LogP contribution in [0.4, 0.5) is 0 Å². The normalized spacial score (nSPS) is 21.6. The highest BCUT2D eigenvalue weighted by Crippen LogP contribution is 2.33. The van der Waals surface area contributed by atoms with E-state index >= 15 is 0 Å². The first kappa shape index (κ1) is 18.1. The predicted molar refractivity (Wildman–Crippen MR) is 101 cm³/mol. The Hall–Kier alpha value is -1.27. The lowest BCUT2D eigenvalue weighted by Crippen LogP contribution is -2.45. The number of nitrogens with zero attached hydrogens (tertiary/aromatic N) is 3. The minimum absolute atomic E-state index is 0.000178.